The molecule has 0 atom stereocenters. The molecule has 76 valence electrons. The minimum Gasteiger partial charge on any atom is -0.378 e. The maximum absolute atomic E-state index is 3.91. The van der Waals surface area contributed by atoms with E-state index in [1.807, 2.05) is 0 Å². The van der Waals surface area contributed by atoms with Crippen LogP contribution in [0.15, 0.2) is 36.4 Å². The molecule has 1 nitrogen and oxygen atoms in total. The summed E-state index contributed by atoms with van der Waals surface area (Å²) >= 11 is 0. The Hall–Kier alpha value is -1.24. The zero-order valence-electron chi connectivity index (χ0n) is 9.38. The second-order valence-electron chi connectivity index (χ2n) is 4.02. The standard InChI is InChI=1S/C13H19N/c1-11(2)5-6-12-7-9-13(10-8-12)14(3)4/h7-10H,1,5-6H2,2-4H3. The Morgan fingerprint density at radius 2 is 1.79 bits per heavy atom. The van der Waals surface area contributed by atoms with Crippen LogP contribution in [0.2, 0.25) is 0 Å². The summed E-state index contributed by atoms with van der Waals surface area (Å²) < 4.78 is 0. The minimum atomic E-state index is 1.08. The smallest absolute Gasteiger partial charge is 0.0361 e. The molecule has 0 aliphatic rings. The van der Waals surface area contributed by atoms with Crippen molar-refractivity contribution in [3.63, 3.8) is 0 Å². The van der Waals surface area contributed by atoms with Gasteiger partial charge in [-0.05, 0) is 37.5 Å². The van der Waals surface area contributed by atoms with Crippen molar-refractivity contribution >= 4 is 5.69 Å². The highest BCUT2D eigenvalue weighted by atomic mass is 15.1. The Labute approximate surface area is 87.1 Å². The SMILES string of the molecule is C=C(C)CCc1ccc(N(C)C)cc1. The lowest BCUT2D eigenvalue weighted by Crippen LogP contribution is -2.08. The van der Waals surface area contributed by atoms with Crippen molar-refractivity contribution in [3.05, 3.63) is 42.0 Å². The van der Waals surface area contributed by atoms with E-state index in [0.717, 1.165) is 12.8 Å². The first-order valence-electron chi connectivity index (χ1n) is 5.00. The van der Waals surface area contributed by atoms with E-state index >= 15 is 0 Å². The molecule has 0 aromatic heterocycles. The molecule has 0 aliphatic heterocycles. The fourth-order valence-electron chi connectivity index (χ4n) is 1.32. The van der Waals surface area contributed by atoms with Gasteiger partial charge in [0.2, 0.25) is 0 Å². The number of anilines is 1. The van der Waals surface area contributed by atoms with Crippen LogP contribution < -0.4 is 4.90 Å². The molecule has 0 aliphatic carbocycles. The zero-order valence-corrected chi connectivity index (χ0v) is 9.38. The summed E-state index contributed by atoms with van der Waals surface area (Å²) in [5.74, 6) is 0. The van der Waals surface area contributed by atoms with E-state index in [1.54, 1.807) is 0 Å². The third kappa shape index (κ3) is 3.25. The van der Waals surface area contributed by atoms with Crippen molar-refractivity contribution < 1.29 is 0 Å². The molecule has 1 rings (SSSR count). The van der Waals surface area contributed by atoms with Gasteiger partial charge in [-0.25, -0.2) is 0 Å². The Morgan fingerprint density at radius 3 is 2.21 bits per heavy atom. The minimum absolute atomic E-state index is 1.08. The molecule has 0 unspecified atom stereocenters. The molecule has 0 heterocycles. The van der Waals surface area contributed by atoms with Gasteiger partial charge < -0.3 is 4.90 Å². The normalized spacial score (nSPS) is 9.93. The van der Waals surface area contributed by atoms with E-state index in [-0.39, 0.29) is 0 Å². The lowest BCUT2D eigenvalue weighted by atomic mass is 10.1. The van der Waals surface area contributed by atoms with Gasteiger partial charge in [-0.15, -0.1) is 6.58 Å². The van der Waals surface area contributed by atoms with Gasteiger partial charge in [-0.1, -0.05) is 17.7 Å². The van der Waals surface area contributed by atoms with E-state index in [9.17, 15) is 0 Å². The highest BCUT2D eigenvalue weighted by Gasteiger charge is 1.96. The Morgan fingerprint density at radius 1 is 1.21 bits per heavy atom. The lowest BCUT2D eigenvalue weighted by Gasteiger charge is -2.12. The second-order valence-corrected chi connectivity index (χ2v) is 4.02. The Balaban J connectivity index is 2.59. The molecule has 0 bridgehead atoms. The largest absolute Gasteiger partial charge is 0.378 e. The summed E-state index contributed by atoms with van der Waals surface area (Å²) in [6, 6.07) is 8.71. The van der Waals surface area contributed by atoms with Gasteiger partial charge in [0.25, 0.3) is 0 Å². The molecule has 0 fully saturated rings. The van der Waals surface area contributed by atoms with Gasteiger partial charge in [0.1, 0.15) is 0 Å². The topological polar surface area (TPSA) is 3.24 Å². The summed E-state index contributed by atoms with van der Waals surface area (Å²) in [5, 5.41) is 0. The summed E-state index contributed by atoms with van der Waals surface area (Å²) in [4.78, 5) is 2.11. The molecule has 0 radical (unpaired) electrons. The number of hydrogen-bond donors (Lipinski definition) is 0. The molecule has 0 N–H and O–H groups in total. The summed E-state index contributed by atoms with van der Waals surface area (Å²) in [6.07, 6.45) is 2.18. The third-order valence-corrected chi connectivity index (χ3v) is 2.29. The Kier molecular flexibility index (Phi) is 3.75. The van der Waals surface area contributed by atoms with E-state index < -0.39 is 0 Å². The molecule has 1 aromatic carbocycles. The molecule has 0 amide bonds. The number of rotatable bonds is 4. The van der Waals surface area contributed by atoms with Crippen molar-refractivity contribution in [3.8, 4) is 0 Å². The molecule has 0 saturated carbocycles. The molecule has 0 saturated heterocycles. The molecular formula is C13H19N. The molecular weight excluding hydrogens is 170 g/mol. The summed E-state index contributed by atoms with van der Waals surface area (Å²) in [5.41, 5.74) is 3.89. The zero-order chi connectivity index (χ0) is 10.6. The van der Waals surface area contributed by atoms with Crippen LogP contribution in [0.1, 0.15) is 18.9 Å². The van der Waals surface area contributed by atoms with Gasteiger partial charge in [0.15, 0.2) is 0 Å². The Bertz CT molecular complexity index is 296. The van der Waals surface area contributed by atoms with E-state index in [1.165, 1.54) is 16.8 Å². The van der Waals surface area contributed by atoms with Crippen LogP contribution in [0.5, 0.6) is 0 Å². The predicted octanol–water partition coefficient (Wildman–Crippen LogP) is 3.26. The van der Waals surface area contributed by atoms with Gasteiger partial charge >= 0.3 is 0 Å². The summed E-state index contributed by atoms with van der Waals surface area (Å²) in [7, 11) is 4.12. The fourth-order valence-corrected chi connectivity index (χ4v) is 1.32. The van der Waals surface area contributed by atoms with E-state index in [2.05, 4.69) is 56.8 Å². The first kappa shape index (κ1) is 10.8. The number of hydrogen-bond acceptors (Lipinski definition) is 1. The van der Waals surface area contributed by atoms with Gasteiger partial charge in [0.05, 0.1) is 0 Å². The maximum atomic E-state index is 3.91. The van der Waals surface area contributed by atoms with Gasteiger partial charge in [-0.2, -0.15) is 0 Å². The first-order valence-corrected chi connectivity index (χ1v) is 5.00. The predicted molar refractivity (Wildman–Crippen MR) is 63.9 cm³/mol. The lowest BCUT2D eigenvalue weighted by molar-refractivity contribution is 0.945. The highest BCUT2D eigenvalue weighted by molar-refractivity contribution is 5.46. The van der Waals surface area contributed by atoms with Crippen LogP contribution in [0.3, 0.4) is 0 Å². The third-order valence-electron chi connectivity index (χ3n) is 2.29. The quantitative estimate of drug-likeness (QED) is 0.657. The van der Waals surface area contributed by atoms with Crippen molar-refractivity contribution in [2.45, 2.75) is 19.8 Å². The molecule has 1 heteroatoms. The van der Waals surface area contributed by atoms with Crippen LogP contribution in [0.4, 0.5) is 5.69 Å². The van der Waals surface area contributed by atoms with Crippen LogP contribution in [0, 0.1) is 0 Å². The van der Waals surface area contributed by atoms with Crippen LogP contribution in [-0.2, 0) is 6.42 Å². The average molecular weight is 189 g/mol. The fraction of sp³-hybridized carbons (Fsp3) is 0.385. The number of allylic oxidation sites excluding steroid dienone is 1. The number of nitrogens with zero attached hydrogens (tertiary/aromatic N) is 1. The van der Waals surface area contributed by atoms with Crippen LogP contribution in [-0.4, -0.2) is 14.1 Å². The van der Waals surface area contributed by atoms with Crippen LogP contribution >= 0.6 is 0 Å². The van der Waals surface area contributed by atoms with E-state index in [0.29, 0.717) is 0 Å². The maximum Gasteiger partial charge on any atom is 0.0361 e. The highest BCUT2D eigenvalue weighted by Crippen LogP contribution is 2.14. The second kappa shape index (κ2) is 4.85. The van der Waals surface area contributed by atoms with Crippen LogP contribution in [0.25, 0.3) is 0 Å². The summed E-state index contributed by atoms with van der Waals surface area (Å²) in [6.45, 7) is 5.99. The molecule has 1 aromatic rings. The number of benzene rings is 1. The van der Waals surface area contributed by atoms with Crippen molar-refractivity contribution in [2.24, 2.45) is 0 Å². The van der Waals surface area contributed by atoms with Crippen molar-refractivity contribution in [1.82, 2.24) is 0 Å². The van der Waals surface area contributed by atoms with Gasteiger partial charge in [0, 0.05) is 19.8 Å². The molecule has 0 spiro atoms. The number of aryl methyl sites for hydroxylation is 1. The van der Waals surface area contributed by atoms with Crippen molar-refractivity contribution in [1.29, 1.82) is 0 Å². The van der Waals surface area contributed by atoms with E-state index in [4.69, 9.17) is 0 Å². The van der Waals surface area contributed by atoms with Crippen molar-refractivity contribution in [2.75, 3.05) is 19.0 Å². The molecule has 14 heavy (non-hydrogen) atoms. The average Bonchev–Trinajstić information content (AvgIpc) is 2.15. The monoisotopic (exact) mass is 189 g/mol. The van der Waals surface area contributed by atoms with Gasteiger partial charge in [-0.3, -0.25) is 0 Å². The first-order chi connectivity index (χ1) is 6.59.